The van der Waals surface area contributed by atoms with Crippen LogP contribution in [0.3, 0.4) is 0 Å². The minimum atomic E-state index is 0.503. The Morgan fingerprint density at radius 3 is 2.53 bits per heavy atom. The zero-order chi connectivity index (χ0) is 12.5. The second kappa shape index (κ2) is 8.60. The average molecular weight is 251 g/mol. The van der Waals surface area contributed by atoms with Crippen molar-refractivity contribution in [1.82, 2.24) is 5.32 Å². The van der Waals surface area contributed by atoms with Crippen LogP contribution in [0.15, 0.2) is 30.3 Å². The Morgan fingerprint density at radius 2 is 1.94 bits per heavy atom. The van der Waals surface area contributed by atoms with Gasteiger partial charge in [-0.1, -0.05) is 44.2 Å². The van der Waals surface area contributed by atoms with Crippen LogP contribution < -0.4 is 5.32 Å². The second-order valence-corrected chi connectivity index (χ2v) is 5.59. The van der Waals surface area contributed by atoms with Crippen molar-refractivity contribution in [2.24, 2.45) is 5.92 Å². The van der Waals surface area contributed by atoms with Crippen molar-refractivity contribution >= 4 is 11.8 Å². The van der Waals surface area contributed by atoms with E-state index < -0.39 is 0 Å². The van der Waals surface area contributed by atoms with Crippen molar-refractivity contribution in [2.75, 3.05) is 18.6 Å². The summed E-state index contributed by atoms with van der Waals surface area (Å²) < 4.78 is 0. The van der Waals surface area contributed by atoms with Gasteiger partial charge in [0.25, 0.3) is 0 Å². The second-order valence-electron chi connectivity index (χ2n) is 4.60. The first-order valence-electron chi connectivity index (χ1n) is 6.56. The summed E-state index contributed by atoms with van der Waals surface area (Å²) in [4.78, 5) is 0. The quantitative estimate of drug-likeness (QED) is 0.746. The summed E-state index contributed by atoms with van der Waals surface area (Å²) in [6, 6.07) is 11.3. The highest BCUT2D eigenvalue weighted by atomic mass is 32.2. The first-order chi connectivity index (χ1) is 8.29. The number of rotatable bonds is 8. The van der Waals surface area contributed by atoms with Crippen molar-refractivity contribution in [2.45, 2.75) is 32.7 Å². The van der Waals surface area contributed by atoms with Gasteiger partial charge in [-0.15, -0.1) is 0 Å². The molecule has 0 saturated heterocycles. The topological polar surface area (TPSA) is 12.0 Å². The van der Waals surface area contributed by atoms with Crippen LogP contribution in [-0.4, -0.2) is 18.6 Å². The highest BCUT2D eigenvalue weighted by Gasteiger charge is 2.17. The van der Waals surface area contributed by atoms with Crippen LogP contribution in [-0.2, 0) is 0 Å². The third-order valence-corrected chi connectivity index (χ3v) is 3.76. The molecule has 0 fully saturated rings. The summed E-state index contributed by atoms with van der Waals surface area (Å²) in [5.74, 6) is 1.94. The standard InChI is InChI=1S/C15H25NS/c1-4-11-16-15(13(2)10-12-17-3)14-8-6-5-7-9-14/h5-9,13,15-16H,4,10-12H2,1-3H3. The van der Waals surface area contributed by atoms with Crippen LogP contribution in [0.4, 0.5) is 0 Å². The lowest BCUT2D eigenvalue weighted by Crippen LogP contribution is -2.28. The monoisotopic (exact) mass is 251 g/mol. The Kier molecular flexibility index (Phi) is 7.38. The molecule has 1 aromatic carbocycles. The number of benzene rings is 1. The predicted molar refractivity (Wildman–Crippen MR) is 79.6 cm³/mol. The Balaban J connectivity index is 2.66. The van der Waals surface area contributed by atoms with Crippen LogP contribution in [0.1, 0.15) is 38.3 Å². The zero-order valence-electron chi connectivity index (χ0n) is 11.3. The Labute approximate surface area is 110 Å². The van der Waals surface area contributed by atoms with Gasteiger partial charge in [0.15, 0.2) is 0 Å². The van der Waals surface area contributed by atoms with E-state index in [-0.39, 0.29) is 0 Å². The SMILES string of the molecule is CCCNC(c1ccccc1)C(C)CCSC. The maximum atomic E-state index is 3.69. The van der Waals surface area contributed by atoms with Crippen LogP contribution in [0.5, 0.6) is 0 Å². The van der Waals surface area contributed by atoms with Crippen LogP contribution in [0.25, 0.3) is 0 Å². The van der Waals surface area contributed by atoms with E-state index in [1.54, 1.807) is 0 Å². The van der Waals surface area contributed by atoms with E-state index in [0.717, 1.165) is 6.54 Å². The van der Waals surface area contributed by atoms with Gasteiger partial charge in [-0.25, -0.2) is 0 Å². The van der Waals surface area contributed by atoms with Crippen molar-refractivity contribution in [3.8, 4) is 0 Å². The Morgan fingerprint density at radius 1 is 1.24 bits per heavy atom. The van der Waals surface area contributed by atoms with Gasteiger partial charge in [-0.3, -0.25) is 0 Å². The van der Waals surface area contributed by atoms with Gasteiger partial charge in [-0.2, -0.15) is 11.8 Å². The fourth-order valence-electron chi connectivity index (χ4n) is 2.08. The fourth-order valence-corrected chi connectivity index (χ4v) is 2.69. The molecule has 96 valence electrons. The highest BCUT2D eigenvalue weighted by Crippen LogP contribution is 2.25. The Bertz CT molecular complexity index is 286. The molecule has 1 aromatic rings. The minimum absolute atomic E-state index is 0.503. The molecule has 2 heteroatoms. The highest BCUT2D eigenvalue weighted by molar-refractivity contribution is 7.98. The summed E-state index contributed by atoms with van der Waals surface area (Å²) in [5.41, 5.74) is 1.43. The fraction of sp³-hybridized carbons (Fsp3) is 0.600. The van der Waals surface area contributed by atoms with Crippen molar-refractivity contribution in [3.63, 3.8) is 0 Å². The molecule has 1 N–H and O–H groups in total. The van der Waals surface area contributed by atoms with Crippen molar-refractivity contribution in [1.29, 1.82) is 0 Å². The molecule has 0 amide bonds. The molecular formula is C15H25NS. The summed E-state index contributed by atoms with van der Waals surface area (Å²) >= 11 is 1.94. The minimum Gasteiger partial charge on any atom is -0.310 e. The van der Waals surface area contributed by atoms with Crippen molar-refractivity contribution in [3.05, 3.63) is 35.9 Å². The molecule has 1 rings (SSSR count). The van der Waals surface area contributed by atoms with E-state index in [4.69, 9.17) is 0 Å². The van der Waals surface area contributed by atoms with Gasteiger partial charge in [0, 0.05) is 6.04 Å². The maximum Gasteiger partial charge on any atom is 0.0346 e. The van der Waals surface area contributed by atoms with Gasteiger partial charge >= 0.3 is 0 Å². The molecule has 0 heterocycles. The first kappa shape index (κ1) is 14.6. The Hall–Kier alpha value is -0.470. The molecule has 1 nitrogen and oxygen atoms in total. The molecule has 0 aliphatic heterocycles. The average Bonchev–Trinajstić information content (AvgIpc) is 2.38. The summed E-state index contributed by atoms with van der Waals surface area (Å²) in [7, 11) is 0. The van der Waals surface area contributed by atoms with E-state index in [1.807, 2.05) is 11.8 Å². The van der Waals surface area contributed by atoms with Crippen molar-refractivity contribution < 1.29 is 0 Å². The van der Waals surface area contributed by atoms with Gasteiger partial charge < -0.3 is 5.32 Å². The summed E-state index contributed by atoms with van der Waals surface area (Å²) in [5, 5.41) is 3.69. The smallest absolute Gasteiger partial charge is 0.0346 e. The van der Waals surface area contributed by atoms with E-state index >= 15 is 0 Å². The third-order valence-electron chi connectivity index (χ3n) is 3.12. The molecular weight excluding hydrogens is 226 g/mol. The molecule has 0 radical (unpaired) electrons. The molecule has 0 aromatic heterocycles. The van der Waals surface area contributed by atoms with Gasteiger partial charge in [-0.05, 0) is 42.9 Å². The molecule has 0 bridgehead atoms. The lowest BCUT2D eigenvalue weighted by atomic mass is 9.92. The number of hydrogen-bond donors (Lipinski definition) is 1. The maximum absolute atomic E-state index is 3.69. The third kappa shape index (κ3) is 5.13. The van der Waals surface area contributed by atoms with Gasteiger partial charge in [0.1, 0.15) is 0 Å². The molecule has 0 aliphatic rings. The van der Waals surface area contributed by atoms with Gasteiger partial charge in [0.2, 0.25) is 0 Å². The van der Waals surface area contributed by atoms with Crippen LogP contribution in [0.2, 0.25) is 0 Å². The molecule has 17 heavy (non-hydrogen) atoms. The summed E-state index contributed by atoms with van der Waals surface area (Å²) in [6.07, 6.45) is 4.65. The summed E-state index contributed by atoms with van der Waals surface area (Å²) in [6.45, 7) is 5.68. The normalized spacial score (nSPS) is 14.5. The number of nitrogens with one attached hydrogen (secondary N) is 1. The largest absolute Gasteiger partial charge is 0.310 e. The van der Waals surface area contributed by atoms with Gasteiger partial charge in [0.05, 0.1) is 0 Å². The first-order valence-corrected chi connectivity index (χ1v) is 7.96. The van der Waals surface area contributed by atoms with E-state index in [2.05, 4.69) is 55.8 Å². The number of hydrogen-bond acceptors (Lipinski definition) is 2. The predicted octanol–water partition coefficient (Wildman–Crippen LogP) is 4.12. The molecule has 0 saturated carbocycles. The van der Waals surface area contributed by atoms with E-state index in [1.165, 1.54) is 24.2 Å². The zero-order valence-corrected chi connectivity index (χ0v) is 12.1. The molecule has 0 aliphatic carbocycles. The lowest BCUT2D eigenvalue weighted by molar-refractivity contribution is 0.379. The lowest BCUT2D eigenvalue weighted by Gasteiger charge is -2.25. The number of thioether (sulfide) groups is 1. The molecule has 2 unspecified atom stereocenters. The van der Waals surface area contributed by atoms with Crippen LogP contribution in [0, 0.1) is 5.92 Å². The van der Waals surface area contributed by atoms with E-state index in [0.29, 0.717) is 12.0 Å². The van der Waals surface area contributed by atoms with E-state index in [9.17, 15) is 0 Å². The molecule has 2 atom stereocenters. The molecule has 0 spiro atoms. The van der Waals surface area contributed by atoms with Crippen LogP contribution >= 0.6 is 11.8 Å².